The van der Waals surface area contributed by atoms with Crippen molar-refractivity contribution in [3.8, 4) is 0 Å². The molecule has 0 heterocycles. The smallest absolute Gasteiger partial charge is 0.414 e. The van der Waals surface area contributed by atoms with E-state index in [9.17, 15) is 4.79 Å². The van der Waals surface area contributed by atoms with Crippen LogP contribution in [0.25, 0.3) is 0 Å². The number of ether oxygens (including phenoxy) is 2. The lowest BCUT2D eigenvalue weighted by Crippen LogP contribution is -2.34. The molecule has 0 spiro atoms. The van der Waals surface area contributed by atoms with E-state index in [1.807, 2.05) is 45.0 Å². The van der Waals surface area contributed by atoms with Gasteiger partial charge in [-0.25, -0.2) is 4.79 Å². The van der Waals surface area contributed by atoms with Gasteiger partial charge in [0.2, 0.25) is 0 Å². The molecule has 0 aromatic heterocycles. The van der Waals surface area contributed by atoms with Gasteiger partial charge in [-0.2, -0.15) is 0 Å². The number of aryl methyl sites for hydroxylation is 1. The molecule has 0 fully saturated rings. The molecule has 0 bridgehead atoms. The molecule has 117 valence electrons. The molecule has 0 saturated heterocycles. The van der Waals surface area contributed by atoms with Gasteiger partial charge in [-0.3, -0.25) is 4.90 Å². The van der Waals surface area contributed by atoms with E-state index in [0.29, 0.717) is 13.2 Å². The van der Waals surface area contributed by atoms with Crippen molar-refractivity contribution < 1.29 is 14.3 Å². The summed E-state index contributed by atoms with van der Waals surface area (Å²) in [6.07, 6.45) is 1.40. The standard InChI is InChI=1S/C17H26NO3/c1-6-20-13-9-11-14-10-7-8-12-15(14)18(5)16(19)21-17(2,3)4/h7-8,10,12H,1,6,9,11,13H2,2-5H3. The van der Waals surface area contributed by atoms with Gasteiger partial charge in [0.1, 0.15) is 5.60 Å². The van der Waals surface area contributed by atoms with Crippen LogP contribution in [0.5, 0.6) is 0 Å². The normalized spacial score (nSPS) is 11.3. The van der Waals surface area contributed by atoms with Gasteiger partial charge in [-0.15, -0.1) is 0 Å². The summed E-state index contributed by atoms with van der Waals surface area (Å²) in [6.45, 7) is 10.4. The maximum absolute atomic E-state index is 12.2. The predicted octanol–water partition coefficient (Wildman–Crippen LogP) is 3.84. The molecule has 1 aromatic carbocycles. The molecule has 21 heavy (non-hydrogen) atoms. The van der Waals surface area contributed by atoms with Crippen molar-refractivity contribution in [2.24, 2.45) is 0 Å². The lowest BCUT2D eigenvalue weighted by atomic mass is 10.1. The Morgan fingerprint density at radius 3 is 2.57 bits per heavy atom. The highest BCUT2D eigenvalue weighted by molar-refractivity contribution is 5.88. The highest BCUT2D eigenvalue weighted by Gasteiger charge is 2.21. The van der Waals surface area contributed by atoms with Gasteiger partial charge in [0.15, 0.2) is 0 Å². The summed E-state index contributed by atoms with van der Waals surface area (Å²) in [6, 6.07) is 7.86. The molecule has 1 radical (unpaired) electrons. The van der Waals surface area contributed by atoms with Gasteiger partial charge >= 0.3 is 6.09 Å². The average molecular weight is 292 g/mol. The molecule has 0 unspecified atom stereocenters. The van der Waals surface area contributed by atoms with Crippen LogP contribution < -0.4 is 4.90 Å². The van der Waals surface area contributed by atoms with E-state index in [4.69, 9.17) is 9.47 Å². The Kier molecular flexibility index (Phi) is 6.69. The molecule has 0 aliphatic rings. The van der Waals surface area contributed by atoms with Crippen LogP contribution in [0, 0.1) is 6.92 Å². The number of benzene rings is 1. The van der Waals surface area contributed by atoms with E-state index >= 15 is 0 Å². The highest BCUT2D eigenvalue weighted by Crippen LogP contribution is 2.22. The number of hydrogen-bond donors (Lipinski definition) is 0. The zero-order chi connectivity index (χ0) is 15.9. The summed E-state index contributed by atoms with van der Waals surface area (Å²) in [5.41, 5.74) is 1.49. The van der Waals surface area contributed by atoms with Gasteiger partial charge < -0.3 is 9.47 Å². The number of rotatable bonds is 6. The van der Waals surface area contributed by atoms with E-state index in [2.05, 4.69) is 6.92 Å². The van der Waals surface area contributed by atoms with Crippen molar-refractivity contribution >= 4 is 11.8 Å². The predicted molar refractivity (Wildman–Crippen MR) is 85.6 cm³/mol. The first kappa shape index (κ1) is 17.5. The first-order valence-electron chi connectivity index (χ1n) is 7.27. The summed E-state index contributed by atoms with van der Waals surface area (Å²) >= 11 is 0. The number of hydrogen-bond acceptors (Lipinski definition) is 3. The minimum atomic E-state index is -0.498. The first-order chi connectivity index (χ1) is 9.85. The molecule has 0 aliphatic heterocycles. The molecule has 0 saturated carbocycles. The molecule has 1 rings (SSSR count). The first-order valence-corrected chi connectivity index (χ1v) is 7.27. The highest BCUT2D eigenvalue weighted by atomic mass is 16.6. The number of carbonyl (C=O) groups excluding carboxylic acids is 1. The fraction of sp³-hybridized carbons (Fsp3) is 0.529. The van der Waals surface area contributed by atoms with Crippen LogP contribution in [-0.4, -0.2) is 32.0 Å². The third kappa shape index (κ3) is 6.17. The zero-order valence-corrected chi connectivity index (χ0v) is 13.5. The fourth-order valence-electron chi connectivity index (χ4n) is 1.94. The minimum absolute atomic E-state index is 0.344. The van der Waals surface area contributed by atoms with Crippen LogP contribution in [-0.2, 0) is 15.9 Å². The molecular weight excluding hydrogens is 266 g/mol. The second kappa shape index (κ2) is 8.03. The Morgan fingerprint density at radius 2 is 1.95 bits per heavy atom. The molecule has 0 aliphatic carbocycles. The molecular formula is C17H26NO3. The summed E-state index contributed by atoms with van der Waals surface area (Å²) in [5.74, 6) is 0. The number of amides is 1. The van der Waals surface area contributed by atoms with Gasteiger partial charge in [-0.1, -0.05) is 18.2 Å². The minimum Gasteiger partial charge on any atom is -0.443 e. The number of anilines is 1. The summed E-state index contributed by atoms with van der Waals surface area (Å²) in [7, 11) is 1.74. The maximum atomic E-state index is 12.2. The molecule has 0 N–H and O–H groups in total. The average Bonchev–Trinajstić information content (AvgIpc) is 2.41. The van der Waals surface area contributed by atoms with Crippen molar-refractivity contribution in [2.75, 3.05) is 25.2 Å². The lowest BCUT2D eigenvalue weighted by molar-refractivity contribution is 0.0589. The van der Waals surface area contributed by atoms with Crippen LogP contribution in [0.3, 0.4) is 0 Å². The van der Waals surface area contributed by atoms with E-state index in [-0.39, 0.29) is 6.09 Å². The topological polar surface area (TPSA) is 38.8 Å². The summed E-state index contributed by atoms with van der Waals surface area (Å²) < 4.78 is 10.7. The quantitative estimate of drug-likeness (QED) is 0.748. The van der Waals surface area contributed by atoms with E-state index in [1.54, 1.807) is 11.9 Å². The number of para-hydroxylation sites is 1. The number of carbonyl (C=O) groups is 1. The Balaban J connectivity index is 2.74. The third-order valence-electron chi connectivity index (χ3n) is 2.90. The Morgan fingerprint density at radius 1 is 1.29 bits per heavy atom. The van der Waals surface area contributed by atoms with E-state index in [0.717, 1.165) is 24.1 Å². The summed E-state index contributed by atoms with van der Waals surface area (Å²) in [4.78, 5) is 13.7. The second-order valence-electron chi connectivity index (χ2n) is 5.88. The molecule has 4 heteroatoms. The Labute approximate surface area is 128 Å². The molecule has 0 atom stereocenters. The third-order valence-corrected chi connectivity index (χ3v) is 2.90. The van der Waals surface area contributed by atoms with Gasteiger partial charge in [-0.05, 0) is 52.2 Å². The fourth-order valence-corrected chi connectivity index (χ4v) is 1.94. The van der Waals surface area contributed by atoms with E-state index in [1.165, 1.54) is 0 Å². The number of nitrogens with zero attached hydrogens (tertiary/aromatic N) is 1. The van der Waals surface area contributed by atoms with Crippen LogP contribution in [0.15, 0.2) is 24.3 Å². The Hall–Kier alpha value is -1.55. The monoisotopic (exact) mass is 292 g/mol. The SMILES string of the molecule is [CH2]COCCCc1ccccc1N(C)C(=O)OC(C)(C)C. The Bertz CT molecular complexity index is 452. The molecule has 1 aromatic rings. The maximum Gasteiger partial charge on any atom is 0.414 e. The van der Waals surface area contributed by atoms with Gasteiger partial charge in [0, 0.05) is 25.9 Å². The van der Waals surface area contributed by atoms with Crippen molar-refractivity contribution in [1.29, 1.82) is 0 Å². The van der Waals surface area contributed by atoms with Crippen LogP contribution in [0.4, 0.5) is 10.5 Å². The van der Waals surface area contributed by atoms with Crippen LogP contribution in [0.1, 0.15) is 32.8 Å². The van der Waals surface area contributed by atoms with Crippen molar-refractivity contribution in [3.05, 3.63) is 36.8 Å². The van der Waals surface area contributed by atoms with Crippen molar-refractivity contribution in [2.45, 2.75) is 39.2 Å². The lowest BCUT2D eigenvalue weighted by Gasteiger charge is -2.26. The molecule has 1 amide bonds. The van der Waals surface area contributed by atoms with Crippen molar-refractivity contribution in [3.63, 3.8) is 0 Å². The zero-order valence-electron chi connectivity index (χ0n) is 13.5. The van der Waals surface area contributed by atoms with Gasteiger partial charge in [0.05, 0.1) is 0 Å². The van der Waals surface area contributed by atoms with Crippen LogP contribution >= 0.6 is 0 Å². The van der Waals surface area contributed by atoms with E-state index < -0.39 is 5.60 Å². The van der Waals surface area contributed by atoms with Crippen molar-refractivity contribution in [1.82, 2.24) is 0 Å². The molecule has 4 nitrogen and oxygen atoms in total. The second-order valence-corrected chi connectivity index (χ2v) is 5.88. The summed E-state index contributed by atoms with van der Waals surface area (Å²) in [5, 5.41) is 0. The van der Waals surface area contributed by atoms with Gasteiger partial charge in [0.25, 0.3) is 0 Å². The largest absolute Gasteiger partial charge is 0.443 e. The van der Waals surface area contributed by atoms with Crippen LogP contribution in [0.2, 0.25) is 0 Å².